The number of amides is 1. The van der Waals surface area contributed by atoms with Crippen LogP contribution in [-0.4, -0.2) is 49.7 Å². The smallest absolute Gasteiger partial charge is 0.253 e. The molecule has 1 aromatic carbocycles. The Balaban J connectivity index is 3.03. The molecule has 0 heterocycles. The maximum Gasteiger partial charge on any atom is 0.253 e. The van der Waals surface area contributed by atoms with E-state index in [4.69, 9.17) is 5.26 Å². The van der Waals surface area contributed by atoms with Gasteiger partial charge < -0.3 is 4.90 Å². The van der Waals surface area contributed by atoms with Crippen molar-refractivity contribution in [3.63, 3.8) is 0 Å². The molecule has 23 heavy (non-hydrogen) atoms. The first-order valence-corrected chi connectivity index (χ1v) is 9.12. The molecule has 0 aliphatic heterocycles. The lowest BCUT2D eigenvalue weighted by molar-refractivity contribution is 0.0773. The molecule has 1 rings (SSSR count). The number of nitrogens with zero attached hydrogens (tertiary/aromatic N) is 3. The van der Waals surface area contributed by atoms with E-state index in [2.05, 4.69) is 0 Å². The van der Waals surface area contributed by atoms with Crippen molar-refractivity contribution in [2.75, 3.05) is 26.2 Å². The number of nitriles is 1. The third-order valence-corrected chi connectivity index (χ3v) is 5.60. The summed E-state index contributed by atoms with van der Waals surface area (Å²) in [6, 6.07) is 7.91. The summed E-state index contributed by atoms with van der Waals surface area (Å²) in [6.07, 6.45) is 0.144. The van der Waals surface area contributed by atoms with Gasteiger partial charge in [-0.3, -0.25) is 4.79 Å². The lowest BCUT2D eigenvalue weighted by atomic mass is 10.2. The van der Waals surface area contributed by atoms with Gasteiger partial charge in [0.25, 0.3) is 5.91 Å². The Morgan fingerprint density at radius 3 is 2.09 bits per heavy atom. The van der Waals surface area contributed by atoms with Crippen molar-refractivity contribution in [1.82, 2.24) is 9.21 Å². The first-order chi connectivity index (χ1) is 10.9. The topological polar surface area (TPSA) is 81.5 Å². The molecule has 0 aliphatic carbocycles. The Kier molecular flexibility index (Phi) is 7.20. The molecule has 0 unspecified atom stereocenters. The van der Waals surface area contributed by atoms with Gasteiger partial charge >= 0.3 is 0 Å². The zero-order valence-corrected chi connectivity index (χ0v) is 14.6. The molecule has 0 spiro atoms. The standard InChI is InChI=1S/C16H23N3O3S/c1-4-18(5-2)16(20)14-8-10-15(11-9-14)23(21,22)19(6-3)13-7-12-17/h8-11H,4-7,13H2,1-3H3. The van der Waals surface area contributed by atoms with E-state index in [9.17, 15) is 13.2 Å². The lowest BCUT2D eigenvalue weighted by Crippen LogP contribution is -2.32. The number of sulfonamides is 1. The van der Waals surface area contributed by atoms with Crippen molar-refractivity contribution in [1.29, 1.82) is 5.26 Å². The van der Waals surface area contributed by atoms with Crippen LogP contribution in [0.1, 0.15) is 37.6 Å². The highest BCUT2D eigenvalue weighted by Gasteiger charge is 2.23. The summed E-state index contributed by atoms with van der Waals surface area (Å²) in [5.74, 6) is -0.115. The molecule has 6 nitrogen and oxygen atoms in total. The van der Waals surface area contributed by atoms with Gasteiger partial charge in [-0.25, -0.2) is 8.42 Å². The van der Waals surface area contributed by atoms with Crippen LogP contribution in [0.15, 0.2) is 29.2 Å². The van der Waals surface area contributed by atoms with E-state index in [1.807, 2.05) is 19.9 Å². The molecule has 0 saturated carbocycles. The number of carbonyl (C=O) groups excluding carboxylic acids is 1. The predicted molar refractivity (Wildman–Crippen MR) is 88.4 cm³/mol. The molecule has 1 aromatic rings. The zero-order valence-electron chi connectivity index (χ0n) is 13.8. The van der Waals surface area contributed by atoms with Gasteiger partial charge in [0.05, 0.1) is 11.0 Å². The summed E-state index contributed by atoms with van der Waals surface area (Å²) in [5.41, 5.74) is 0.465. The normalized spacial score (nSPS) is 11.3. The van der Waals surface area contributed by atoms with Crippen LogP contribution in [0.25, 0.3) is 0 Å². The molecule has 0 aliphatic rings. The van der Waals surface area contributed by atoms with Crippen LogP contribution in [0.2, 0.25) is 0 Å². The Morgan fingerprint density at radius 2 is 1.65 bits per heavy atom. The molecular formula is C16H23N3O3S. The predicted octanol–water partition coefficient (Wildman–Crippen LogP) is 2.09. The molecule has 126 valence electrons. The van der Waals surface area contributed by atoms with Gasteiger partial charge in [-0.15, -0.1) is 0 Å². The summed E-state index contributed by atoms with van der Waals surface area (Å²) in [6.45, 7) is 7.19. The number of rotatable bonds is 8. The highest BCUT2D eigenvalue weighted by molar-refractivity contribution is 7.89. The second kappa shape index (κ2) is 8.65. The van der Waals surface area contributed by atoms with Crippen molar-refractivity contribution >= 4 is 15.9 Å². The molecule has 0 saturated heterocycles. The molecule has 0 aromatic heterocycles. The van der Waals surface area contributed by atoms with E-state index in [-0.39, 0.29) is 23.8 Å². The van der Waals surface area contributed by atoms with E-state index < -0.39 is 10.0 Å². The van der Waals surface area contributed by atoms with Crippen LogP contribution in [0.3, 0.4) is 0 Å². The van der Waals surface area contributed by atoms with E-state index in [1.165, 1.54) is 28.6 Å². The van der Waals surface area contributed by atoms with Crippen LogP contribution >= 0.6 is 0 Å². The van der Waals surface area contributed by atoms with Gasteiger partial charge in [-0.1, -0.05) is 6.92 Å². The fourth-order valence-corrected chi connectivity index (χ4v) is 3.68. The van der Waals surface area contributed by atoms with Gasteiger partial charge in [-0.2, -0.15) is 9.57 Å². The summed E-state index contributed by atoms with van der Waals surface area (Å²) in [5, 5.41) is 8.63. The number of hydrogen-bond donors (Lipinski definition) is 0. The van der Waals surface area contributed by atoms with Gasteiger partial charge in [0, 0.05) is 38.2 Å². The van der Waals surface area contributed by atoms with Crippen molar-refractivity contribution in [2.24, 2.45) is 0 Å². The summed E-state index contributed by atoms with van der Waals surface area (Å²) in [7, 11) is -3.64. The Labute approximate surface area is 138 Å². The van der Waals surface area contributed by atoms with Crippen molar-refractivity contribution in [3.8, 4) is 6.07 Å². The summed E-state index contributed by atoms with van der Waals surface area (Å²) < 4.78 is 26.3. The minimum atomic E-state index is -3.64. The largest absolute Gasteiger partial charge is 0.339 e. The molecule has 0 radical (unpaired) electrons. The van der Waals surface area contributed by atoms with E-state index >= 15 is 0 Å². The number of hydrogen-bond acceptors (Lipinski definition) is 4. The SMILES string of the molecule is CCN(CC)C(=O)c1ccc(S(=O)(=O)N(CC)CCC#N)cc1. The van der Waals surface area contributed by atoms with Gasteiger partial charge in [0.1, 0.15) is 0 Å². The van der Waals surface area contributed by atoms with Crippen molar-refractivity contribution in [2.45, 2.75) is 32.1 Å². The molecule has 0 N–H and O–H groups in total. The van der Waals surface area contributed by atoms with Gasteiger partial charge in [0.15, 0.2) is 0 Å². The molecule has 7 heteroatoms. The maximum absolute atomic E-state index is 12.5. The highest BCUT2D eigenvalue weighted by Crippen LogP contribution is 2.17. The highest BCUT2D eigenvalue weighted by atomic mass is 32.2. The molecule has 0 atom stereocenters. The van der Waals surface area contributed by atoms with E-state index in [0.717, 1.165) is 0 Å². The number of benzene rings is 1. The quantitative estimate of drug-likeness (QED) is 0.727. The fraction of sp³-hybridized carbons (Fsp3) is 0.500. The fourth-order valence-electron chi connectivity index (χ4n) is 2.23. The van der Waals surface area contributed by atoms with Crippen LogP contribution < -0.4 is 0 Å². The Hall–Kier alpha value is -1.91. The second-order valence-corrected chi connectivity index (χ2v) is 6.84. The monoisotopic (exact) mass is 337 g/mol. The number of carbonyl (C=O) groups is 1. The first-order valence-electron chi connectivity index (χ1n) is 7.68. The third-order valence-electron chi connectivity index (χ3n) is 3.62. The molecule has 1 amide bonds. The van der Waals surface area contributed by atoms with Crippen LogP contribution in [0.5, 0.6) is 0 Å². The molecule has 0 bridgehead atoms. The molecule has 0 fully saturated rings. The van der Waals surface area contributed by atoms with Crippen LogP contribution in [-0.2, 0) is 10.0 Å². The minimum Gasteiger partial charge on any atom is -0.339 e. The van der Waals surface area contributed by atoms with E-state index in [1.54, 1.807) is 11.8 Å². The Morgan fingerprint density at radius 1 is 1.09 bits per heavy atom. The average molecular weight is 337 g/mol. The lowest BCUT2D eigenvalue weighted by Gasteiger charge is -2.20. The van der Waals surface area contributed by atoms with Crippen molar-refractivity contribution < 1.29 is 13.2 Å². The maximum atomic E-state index is 12.5. The second-order valence-electron chi connectivity index (χ2n) is 4.91. The third kappa shape index (κ3) is 4.53. The Bertz CT molecular complexity index is 659. The molecular weight excluding hydrogens is 314 g/mol. The van der Waals surface area contributed by atoms with Crippen molar-refractivity contribution in [3.05, 3.63) is 29.8 Å². The first kappa shape index (κ1) is 19.1. The minimum absolute atomic E-state index is 0.115. The average Bonchev–Trinajstić information content (AvgIpc) is 2.56. The summed E-state index contributed by atoms with van der Waals surface area (Å²) >= 11 is 0. The van der Waals surface area contributed by atoms with Gasteiger partial charge in [0.2, 0.25) is 10.0 Å². The van der Waals surface area contributed by atoms with Crippen LogP contribution in [0, 0.1) is 11.3 Å². The van der Waals surface area contributed by atoms with E-state index in [0.29, 0.717) is 25.2 Å². The van der Waals surface area contributed by atoms with Crippen LogP contribution in [0.4, 0.5) is 0 Å². The van der Waals surface area contributed by atoms with Gasteiger partial charge in [-0.05, 0) is 38.1 Å². The summed E-state index contributed by atoms with van der Waals surface area (Å²) in [4.78, 5) is 14.0. The zero-order chi connectivity index (χ0) is 17.5.